The van der Waals surface area contributed by atoms with Crippen LogP contribution in [0.5, 0.6) is 0 Å². The highest BCUT2D eigenvalue weighted by atomic mass is 32.2. The van der Waals surface area contributed by atoms with E-state index >= 15 is 0 Å². The molecule has 7 nitrogen and oxygen atoms in total. The number of carboxylic acid groups (broad SMARTS) is 1. The van der Waals surface area contributed by atoms with E-state index in [4.69, 9.17) is 5.11 Å². The van der Waals surface area contributed by atoms with Crippen LogP contribution in [-0.2, 0) is 23.2 Å². The van der Waals surface area contributed by atoms with Crippen molar-refractivity contribution in [1.82, 2.24) is 19.7 Å². The topological polar surface area (TPSA) is 88.3 Å². The van der Waals surface area contributed by atoms with Crippen molar-refractivity contribution in [2.75, 3.05) is 5.75 Å². The standard InChI is InChI=1S/C16H18N4O3S/c1-19-15(17-18-16(19)24-10-14(22)23)12-7-8-13(21)20(12)9-11-5-3-2-4-6-11/h2-6,12H,7-10H2,1H3,(H,22,23)/t12-/m0/s1. The maximum absolute atomic E-state index is 12.3. The van der Waals surface area contributed by atoms with Crippen molar-refractivity contribution in [3.63, 3.8) is 0 Å². The van der Waals surface area contributed by atoms with E-state index in [1.54, 1.807) is 4.57 Å². The first-order chi connectivity index (χ1) is 11.6. The fourth-order valence-electron chi connectivity index (χ4n) is 2.85. The Morgan fingerprint density at radius 1 is 1.33 bits per heavy atom. The van der Waals surface area contributed by atoms with E-state index in [2.05, 4.69) is 10.2 Å². The lowest BCUT2D eigenvalue weighted by molar-refractivity contribution is -0.134. The van der Waals surface area contributed by atoms with Gasteiger partial charge in [-0.15, -0.1) is 10.2 Å². The van der Waals surface area contributed by atoms with Crippen molar-refractivity contribution in [3.8, 4) is 0 Å². The number of aliphatic carboxylic acids is 1. The number of hydrogen-bond donors (Lipinski definition) is 1. The van der Waals surface area contributed by atoms with Gasteiger partial charge >= 0.3 is 5.97 Å². The van der Waals surface area contributed by atoms with Crippen molar-refractivity contribution < 1.29 is 14.7 Å². The summed E-state index contributed by atoms with van der Waals surface area (Å²) in [4.78, 5) is 24.8. The summed E-state index contributed by atoms with van der Waals surface area (Å²) in [6.07, 6.45) is 1.18. The number of likely N-dealkylation sites (tertiary alicyclic amines) is 1. The summed E-state index contributed by atoms with van der Waals surface area (Å²) < 4.78 is 1.79. The minimum Gasteiger partial charge on any atom is -0.481 e. The van der Waals surface area contributed by atoms with Crippen molar-refractivity contribution in [3.05, 3.63) is 41.7 Å². The monoisotopic (exact) mass is 346 g/mol. The number of hydrogen-bond acceptors (Lipinski definition) is 5. The molecule has 1 aliphatic rings. The summed E-state index contributed by atoms with van der Waals surface area (Å²) in [5.41, 5.74) is 1.07. The molecule has 1 aliphatic heterocycles. The highest BCUT2D eigenvalue weighted by molar-refractivity contribution is 7.99. The Balaban J connectivity index is 1.80. The van der Waals surface area contributed by atoms with Crippen molar-refractivity contribution in [1.29, 1.82) is 0 Å². The molecule has 1 saturated heterocycles. The van der Waals surface area contributed by atoms with Crippen LogP contribution in [0.4, 0.5) is 0 Å². The summed E-state index contributed by atoms with van der Waals surface area (Å²) in [5.74, 6) is -0.161. The molecule has 3 rings (SSSR count). The van der Waals surface area contributed by atoms with Gasteiger partial charge in [0.05, 0.1) is 11.8 Å². The number of amides is 1. The molecule has 24 heavy (non-hydrogen) atoms. The zero-order chi connectivity index (χ0) is 17.1. The van der Waals surface area contributed by atoms with Gasteiger partial charge in [0.1, 0.15) is 0 Å². The van der Waals surface area contributed by atoms with Gasteiger partial charge in [-0.2, -0.15) is 0 Å². The third-order valence-corrected chi connectivity index (χ3v) is 5.02. The predicted molar refractivity (Wildman–Crippen MR) is 88.3 cm³/mol. The van der Waals surface area contributed by atoms with Crippen LogP contribution in [0.2, 0.25) is 0 Å². The average molecular weight is 346 g/mol. The summed E-state index contributed by atoms with van der Waals surface area (Å²) in [5, 5.41) is 17.6. The van der Waals surface area contributed by atoms with Gasteiger partial charge in [0, 0.05) is 20.0 Å². The molecule has 0 unspecified atom stereocenters. The van der Waals surface area contributed by atoms with E-state index in [0.29, 0.717) is 30.4 Å². The van der Waals surface area contributed by atoms with Gasteiger partial charge in [-0.3, -0.25) is 9.59 Å². The van der Waals surface area contributed by atoms with Crippen LogP contribution in [-0.4, -0.2) is 42.4 Å². The lowest BCUT2D eigenvalue weighted by Gasteiger charge is -2.24. The van der Waals surface area contributed by atoms with Crippen molar-refractivity contribution in [2.24, 2.45) is 7.05 Å². The smallest absolute Gasteiger partial charge is 0.313 e. The second kappa shape index (κ2) is 7.04. The molecule has 126 valence electrons. The molecule has 0 aliphatic carbocycles. The molecule has 0 saturated carbocycles. The number of thioether (sulfide) groups is 1. The van der Waals surface area contributed by atoms with Crippen LogP contribution in [0.3, 0.4) is 0 Å². The molecule has 1 amide bonds. The summed E-state index contributed by atoms with van der Waals surface area (Å²) in [7, 11) is 1.81. The first-order valence-electron chi connectivity index (χ1n) is 7.63. The van der Waals surface area contributed by atoms with E-state index in [0.717, 1.165) is 17.3 Å². The van der Waals surface area contributed by atoms with Gasteiger partial charge in [-0.25, -0.2) is 0 Å². The molecule has 1 fully saturated rings. The fourth-order valence-corrected chi connectivity index (χ4v) is 3.49. The Labute approximate surface area is 143 Å². The van der Waals surface area contributed by atoms with E-state index < -0.39 is 5.97 Å². The molecular formula is C16H18N4O3S. The van der Waals surface area contributed by atoms with E-state index in [9.17, 15) is 9.59 Å². The third-order valence-electron chi connectivity index (χ3n) is 4.02. The van der Waals surface area contributed by atoms with Crippen LogP contribution in [0.15, 0.2) is 35.5 Å². The molecule has 0 spiro atoms. The van der Waals surface area contributed by atoms with E-state index in [1.807, 2.05) is 42.3 Å². The molecule has 2 aromatic rings. The maximum Gasteiger partial charge on any atom is 0.313 e. The molecule has 1 aromatic carbocycles. The number of aromatic nitrogens is 3. The lowest BCUT2D eigenvalue weighted by atomic mass is 10.1. The van der Waals surface area contributed by atoms with Crippen LogP contribution >= 0.6 is 11.8 Å². The largest absolute Gasteiger partial charge is 0.481 e. The molecule has 8 heteroatoms. The second-order valence-electron chi connectivity index (χ2n) is 5.64. The van der Waals surface area contributed by atoms with Crippen LogP contribution in [0.1, 0.15) is 30.3 Å². The van der Waals surface area contributed by atoms with Crippen molar-refractivity contribution in [2.45, 2.75) is 30.6 Å². The summed E-state index contributed by atoms with van der Waals surface area (Å²) in [6, 6.07) is 9.71. The molecule has 2 heterocycles. The molecule has 1 atom stereocenters. The summed E-state index contributed by atoms with van der Waals surface area (Å²) >= 11 is 1.13. The van der Waals surface area contributed by atoms with E-state index in [1.165, 1.54) is 0 Å². The number of benzene rings is 1. The van der Waals surface area contributed by atoms with Gasteiger partial charge in [0.15, 0.2) is 11.0 Å². The molecule has 0 radical (unpaired) electrons. The highest BCUT2D eigenvalue weighted by Gasteiger charge is 2.35. The zero-order valence-electron chi connectivity index (χ0n) is 13.3. The third kappa shape index (κ3) is 3.43. The first kappa shape index (κ1) is 16.5. The number of carbonyl (C=O) groups excluding carboxylic acids is 1. The highest BCUT2D eigenvalue weighted by Crippen LogP contribution is 2.34. The Morgan fingerprint density at radius 2 is 2.08 bits per heavy atom. The van der Waals surface area contributed by atoms with Crippen LogP contribution in [0, 0.1) is 0 Å². The zero-order valence-corrected chi connectivity index (χ0v) is 14.1. The molecule has 0 bridgehead atoms. The number of rotatable bonds is 6. The second-order valence-corrected chi connectivity index (χ2v) is 6.59. The minimum absolute atomic E-state index is 0.0662. The summed E-state index contributed by atoms with van der Waals surface area (Å²) in [6.45, 7) is 0.537. The molecular weight excluding hydrogens is 328 g/mol. The van der Waals surface area contributed by atoms with Gasteiger partial charge in [-0.1, -0.05) is 42.1 Å². The Kier molecular flexibility index (Phi) is 4.84. The molecule has 1 aromatic heterocycles. The Bertz CT molecular complexity index is 747. The normalized spacial score (nSPS) is 17.5. The van der Waals surface area contributed by atoms with E-state index in [-0.39, 0.29) is 17.7 Å². The van der Waals surface area contributed by atoms with Gasteiger partial charge < -0.3 is 14.6 Å². The first-order valence-corrected chi connectivity index (χ1v) is 8.62. The van der Waals surface area contributed by atoms with Gasteiger partial charge in [0.25, 0.3) is 0 Å². The predicted octanol–water partition coefficient (Wildman–Crippen LogP) is 1.86. The van der Waals surface area contributed by atoms with Gasteiger partial charge in [0.2, 0.25) is 5.91 Å². The Hall–Kier alpha value is -2.35. The fraction of sp³-hybridized carbons (Fsp3) is 0.375. The minimum atomic E-state index is -0.897. The SMILES string of the molecule is Cn1c(SCC(=O)O)nnc1[C@@H]1CCC(=O)N1Cc1ccccc1. The lowest BCUT2D eigenvalue weighted by Crippen LogP contribution is -2.28. The van der Waals surface area contributed by atoms with Gasteiger partial charge in [-0.05, 0) is 12.0 Å². The number of carbonyl (C=O) groups is 2. The Morgan fingerprint density at radius 3 is 2.79 bits per heavy atom. The quantitative estimate of drug-likeness (QED) is 0.803. The van der Waals surface area contributed by atoms with Crippen LogP contribution in [0.25, 0.3) is 0 Å². The molecule has 1 N–H and O–H groups in total. The number of carboxylic acids is 1. The number of nitrogens with zero attached hydrogens (tertiary/aromatic N) is 4. The van der Waals surface area contributed by atoms with Crippen LogP contribution < -0.4 is 0 Å². The average Bonchev–Trinajstić information content (AvgIpc) is 3.10. The van der Waals surface area contributed by atoms with Crippen molar-refractivity contribution >= 4 is 23.6 Å². The maximum atomic E-state index is 12.3.